The molecule has 0 amide bonds. The van der Waals surface area contributed by atoms with E-state index in [-0.39, 0.29) is 6.04 Å². The molecule has 0 radical (unpaired) electrons. The molecule has 1 unspecified atom stereocenters. The second-order valence-electron chi connectivity index (χ2n) is 9.54. The zero-order valence-electron chi connectivity index (χ0n) is 21.8. The number of anilines is 1. The second-order valence-corrected chi connectivity index (χ2v) is 10.6. The van der Waals surface area contributed by atoms with Crippen LogP contribution in [0.4, 0.5) is 5.69 Å². The first-order valence-electron chi connectivity index (χ1n) is 13.1. The van der Waals surface area contributed by atoms with Gasteiger partial charge in [0.1, 0.15) is 0 Å². The molecule has 0 fully saturated rings. The Kier molecular flexibility index (Phi) is 6.98. The van der Waals surface area contributed by atoms with Crippen molar-refractivity contribution in [3.05, 3.63) is 114 Å². The number of fused-ring (bicyclic) bond motifs is 5. The third kappa shape index (κ3) is 4.04. The van der Waals surface area contributed by atoms with Gasteiger partial charge in [-0.1, -0.05) is 80.3 Å². The van der Waals surface area contributed by atoms with Crippen LogP contribution in [-0.2, 0) is 0 Å². The predicted molar refractivity (Wildman–Crippen MR) is 163 cm³/mol. The fraction of sp³-hybridized carbons (Fsp3) is 0.235. The third-order valence-corrected chi connectivity index (χ3v) is 8.53. The molecule has 2 heteroatoms. The van der Waals surface area contributed by atoms with Gasteiger partial charge in [0, 0.05) is 31.4 Å². The van der Waals surface area contributed by atoms with E-state index in [1.54, 1.807) is 0 Å². The molecular weight excluding hydrogens is 454 g/mol. The minimum absolute atomic E-state index is 0.285. The van der Waals surface area contributed by atoms with E-state index in [1.165, 1.54) is 59.4 Å². The smallest absolute Gasteiger partial charge is 0.0567 e. The number of nitrogens with zero attached hydrogens (tertiary/aromatic N) is 1. The SMILES string of the molecule is C=C/C=C1/c2c(ccc3c2sc2cccc(/C(C)=C(\C=C/C)/C=C\CC)c23)N(C2=CC=CCC2)C1C. The van der Waals surface area contributed by atoms with Crippen LogP contribution in [0.25, 0.3) is 31.3 Å². The summed E-state index contributed by atoms with van der Waals surface area (Å²) in [6, 6.07) is 11.8. The molecular formula is C34H35NS. The molecule has 1 aliphatic carbocycles. The Morgan fingerprint density at radius 1 is 1.19 bits per heavy atom. The topological polar surface area (TPSA) is 3.24 Å². The van der Waals surface area contributed by atoms with Gasteiger partial charge in [-0.2, -0.15) is 0 Å². The zero-order chi connectivity index (χ0) is 25.2. The highest BCUT2D eigenvalue weighted by Gasteiger charge is 2.34. The van der Waals surface area contributed by atoms with E-state index in [2.05, 4.69) is 118 Å². The highest BCUT2D eigenvalue weighted by atomic mass is 32.1. The van der Waals surface area contributed by atoms with Crippen molar-refractivity contribution >= 4 is 48.3 Å². The number of allylic oxidation sites excluding steroid dienone is 12. The maximum absolute atomic E-state index is 4.05. The molecule has 2 aromatic carbocycles. The number of thiophene rings is 1. The Bertz CT molecular complexity index is 1520. The molecule has 0 saturated heterocycles. The highest BCUT2D eigenvalue weighted by Crippen LogP contribution is 2.51. The lowest BCUT2D eigenvalue weighted by molar-refractivity contribution is 0.800. The van der Waals surface area contributed by atoms with Gasteiger partial charge >= 0.3 is 0 Å². The van der Waals surface area contributed by atoms with Gasteiger partial charge < -0.3 is 4.90 Å². The van der Waals surface area contributed by atoms with Gasteiger partial charge in [-0.15, -0.1) is 11.3 Å². The zero-order valence-corrected chi connectivity index (χ0v) is 22.7. The van der Waals surface area contributed by atoms with Gasteiger partial charge in [0.2, 0.25) is 0 Å². The summed E-state index contributed by atoms with van der Waals surface area (Å²) in [6.45, 7) is 12.9. The van der Waals surface area contributed by atoms with Crippen molar-refractivity contribution in [2.24, 2.45) is 0 Å². The quantitative estimate of drug-likeness (QED) is 0.311. The van der Waals surface area contributed by atoms with Crippen LogP contribution in [0.15, 0.2) is 103 Å². The van der Waals surface area contributed by atoms with Crippen molar-refractivity contribution in [3.63, 3.8) is 0 Å². The number of hydrogen-bond donors (Lipinski definition) is 0. The molecule has 182 valence electrons. The van der Waals surface area contributed by atoms with Crippen LogP contribution in [0.5, 0.6) is 0 Å². The molecule has 36 heavy (non-hydrogen) atoms. The molecule has 2 aliphatic rings. The number of benzene rings is 2. The van der Waals surface area contributed by atoms with E-state index in [0.717, 1.165) is 19.3 Å². The molecule has 1 aromatic heterocycles. The van der Waals surface area contributed by atoms with Crippen LogP contribution in [0.3, 0.4) is 0 Å². The van der Waals surface area contributed by atoms with Crippen LogP contribution < -0.4 is 4.90 Å². The van der Waals surface area contributed by atoms with Crippen molar-refractivity contribution in [3.8, 4) is 0 Å². The van der Waals surface area contributed by atoms with E-state index in [1.807, 2.05) is 17.4 Å². The molecule has 1 aliphatic heterocycles. The Morgan fingerprint density at radius 2 is 2.06 bits per heavy atom. The average Bonchev–Trinajstić information content (AvgIpc) is 3.42. The summed E-state index contributed by atoms with van der Waals surface area (Å²) in [7, 11) is 0. The summed E-state index contributed by atoms with van der Waals surface area (Å²) in [4.78, 5) is 2.55. The maximum Gasteiger partial charge on any atom is 0.0567 e. The number of hydrogen-bond acceptors (Lipinski definition) is 2. The van der Waals surface area contributed by atoms with Crippen molar-refractivity contribution in [2.75, 3.05) is 4.90 Å². The fourth-order valence-electron chi connectivity index (χ4n) is 5.66. The summed E-state index contributed by atoms with van der Waals surface area (Å²) in [5.74, 6) is 0. The van der Waals surface area contributed by atoms with E-state index in [0.29, 0.717) is 0 Å². The molecule has 0 saturated carbocycles. The Morgan fingerprint density at radius 3 is 2.78 bits per heavy atom. The molecule has 0 N–H and O–H groups in total. The average molecular weight is 490 g/mol. The lowest BCUT2D eigenvalue weighted by Gasteiger charge is -2.29. The minimum Gasteiger partial charge on any atom is -0.337 e. The van der Waals surface area contributed by atoms with Crippen LogP contribution in [0, 0.1) is 0 Å². The predicted octanol–water partition coefficient (Wildman–Crippen LogP) is 10.4. The monoisotopic (exact) mass is 489 g/mol. The van der Waals surface area contributed by atoms with Gasteiger partial charge in [0.25, 0.3) is 0 Å². The fourth-order valence-corrected chi connectivity index (χ4v) is 6.95. The van der Waals surface area contributed by atoms with Crippen molar-refractivity contribution in [1.29, 1.82) is 0 Å². The molecule has 5 rings (SSSR count). The molecule has 0 spiro atoms. The third-order valence-electron chi connectivity index (χ3n) is 7.34. The summed E-state index contributed by atoms with van der Waals surface area (Å²) >= 11 is 1.93. The summed E-state index contributed by atoms with van der Waals surface area (Å²) in [6.07, 6.45) is 23.0. The van der Waals surface area contributed by atoms with E-state index < -0.39 is 0 Å². The first-order chi connectivity index (χ1) is 17.6. The number of rotatable bonds is 6. The lowest BCUT2D eigenvalue weighted by Crippen LogP contribution is -2.28. The Hall–Kier alpha value is -3.36. The van der Waals surface area contributed by atoms with E-state index in [9.17, 15) is 0 Å². The highest BCUT2D eigenvalue weighted by molar-refractivity contribution is 7.26. The largest absolute Gasteiger partial charge is 0.337 e. The van der Waals surface area contributed by atoms with Crippen LogP contribution in [-0.4, -0.2) is 6.04 Å². The normalized spacial score (nSPS) is 19.7. The molecule has 3 aromatic rings. The first-order valence-corrected chi connectivity index (χ1v) is 13.9. The Labute approximate surface area is 219 Å². The van der Waals surface area contributed by atoms with Gasteiger partial charge in [-0.25, -0.2) is 0 Å². The molecule has 1 atom stereocenters. The van der Waals surface area contributed by atoms with Crippen LogP contribution in [0.2, 0.25) is 0 Å². The van der Waals surface area contributed by atoms with Gasteiger partial charge in [-0.3, -0.25) is 0 Å². The second kappa shape index (κ2) is 10.3. The molecule has 0 bridgehead atoms. The summed E-state index contributed by atoms with van der Waals surface area (Å²) < 4.78 is 2.73. The van der Waals surface area contributed by atoms with Gasteiger partial charge in [0.15, 0.2) is 0 Å². The first kappa shape index (κ1) is 24.3. The standard InChI is InChI=1S/C34H35NS/c1-6-9-16-25(14-7-2)23(4)27-19-13-20-31-32(27)29-21-22-30-33(34(29)36-31)28(15-8-3)24(5)35(30)26-17-11-10-12-18-26/h7-11,13-17,19-22,24H,3,6,12,18H2,1-2,4-5H3/b14-7-,16-9-,25-23+,28-15+. The maximum atomic E-state index is 4.05. The van der Waals surface area contributed by atoms with E-state index in [4.69, 9.17) is 0 Å². The van der Waals surface area contributed by atoms with Gasteiger partial charge in [0.05, 0.1) is 11.7 Å². The van der Waals surface area contributed by atoms with Crippen molar-refractivity contribution in [2.45, 2.75) is 53.0 Å². The van der Waals surface area contributed by atoms with Crippen LogP contribution >= 0.6 is 11.3 Å². The Balaban J connectivity index is 1.79. The van der Waals surface area contributed by atoms with Crippen molar-refractivity contribution in [1.82, 2.24) is 0 Å². The lowest BCUT2D eigenvalue weighted by atomic mass is 9.94. The van der Waals surface area contributed by atoms with Crippen molar-refractivity contribution < 1.29 is 0 Å². The van der Waals surface area contributed by atoms with E-state index >= 15 is 0 Å². The van der Waals surface area contributed by atoms with Gasteiger partial charge in [-0.05, 0) is 80.5 Å². The molecule has 2 heterocycles. The van der Waals surface area contributed by atoms with Crippen LogP contribution in [0.1, 0.15) is 58.1 Å². The minimum atomic E-state index is 0.285. The summed E-state index contributed by atoms with van der Waals surface area (Å²) in [5, 5.41) is 2.72. The summed E-state index contributed by atoms with van der Waals surface area (Å²) in [5.41, 5.74) is 9.38. The molecule has 1 nitrogen and oxygen atoms in total.